The summed E-state index contributed by atoms with van der Waals surface area (Å²) in [4.78, 5) is 27.7. The zero-order chi connectivity index (χ0) is 27.8. The van der Waals surface area contributed by atoms with Crippen molar-refractivity contribution in [3.05, 3.63) is 92.2 Å². The van der Waals surface area contributed by atoms with Crippen molar-refractivity contribution in [1.82, 2.24) is 0 Å². The van der Waals surface area contributed by atoms with Gasteiger partial charge in [0, 0.05) is 21.7 Å². The van der Waals surface area contributed by atoms with Gasteiger partial charge in [-0.1, -0.05) is 40.7 Å². The summed E-state index contributed by atoms with van der Waals surface area (Å²) in [6.07, 6.45) is 5.45. The number of hydrogen-bond donors (Lipinski definition) is 1. The second-order valence-electron chi connectivity index (χ2n) is 8.39. The molecule has 1 fully saturated rings. The molecule has 1 saturated carbocycles. The minimum atomic E-state index is -1.40. The van der Waals surface area contributed by atoms with Gasteiger partial charge in [0.1, 0.15) is 16.2 Å². The zero-order valence-electron chi connectivity index (χ0n) is 19.1. The SMILES string of the molecule is C#CCN(C(=O)c1cc(NC(=O)C2C(c3cc(Cl)cc(Cl)c3)C2(Cl)Cl)ccc1Cl)c1ccc(F)cc1C#N. The highest BCUT2D eigenvalue weighted by Crippen LogP contribution is 2.65. The van der Waals surface area contributed by atoms with Crippen molar-refractivity contribution in [3.63, 3.8) is 0 Å². The molecule has 2 amide bonds. The number of nitrogens with one attached hydrogen (secondary N) is 1. The summed E-state index contributed by atoms with van der Waals surface area (Å²) in [7, 11) is 0. The van der Waals surface area contributed by atoms with E-state index >= 15 is 0 Å². The van der Waals surface area contributed by atoms with Crippen LogP contribution in [0.1, 0.15) is 27.4 Å². The second-order valence-corrected chi connectivity index (χ2v) is 11.1. The maximum Gasteiger partial charge on any atom is 0.260 e. The lowest BCUT2D eigenvalue weighted by molar-refractivity contribution is -0.117. The molecule has 0 saturated heterocycles. The normalized spacial score (nSPS) is 17.2. The first-order valence-electron chi connectivity index (χ1n) is 10.9. The number of terminal acetylenes is 1. The molecular formula is C27H15Cl5FN3O2. The number of rotatable bonds is 6. The van der Waals surface area contributed by atoms with E-state index in [1.165, 1.54) is 24.3 Å². The summed E-state index contributed by atoms with van der Waals surface area (Å²) in [5, 5.41) is 13.0. The van der Waals surface area contributed by atoms with Gasteiger partial charge in [-0.3, -0.25) is 14.5 Å². The molecule has 2 atom stereocenters. The number of hydrogen-bond acceptors (Lipinski definition) is 3. The number of carbonyl (C=O) groups excluding carboxylic acids is 2. The molecule has 3 aromatic rings. The first kappa shape index (κ1) is 28.0. The van der Waals surface area contributed by atoms with Crippen LogP contribution in [-0.2, 0) is 4.79 Å². The average Bonchev–Trinajstić information content (AvgIpc) is 3.45. The lowest BCUT2D eigenvalue weighted by Crippen LogP contribution is -2.32. The van der Waals surface area contributed by atoms with E-state index in [9.17, 15) is 19.2 Å². The van der Waals surface area contributed by atoms with Crippen molar-refractivity contribution < 1.29 is 14.0 Å². The summed E-state index contributed by atoms with van der Waals surface area (Å²) in [6, 6.07) is 14.3. The molecule has 1 aliphatic rings. The Labute approximate surface area is 243 Å². The zero-order valence-corrected chi connectivity index (χ0v) is 22.9. The van der Waals surface area contributed by atoms with E-state index in [2.05, 4.69) is 11.2 Å². The molecular weight excluding hydrogens is 595 g/mol. The number of nitriles is 1. The molecule has 2 unspecified atom stereocenters. The van der Waals surface area contributed by atoms with Crippen LogP contribution < -0.4 is 10.2 Å². The molecule has 1 N–H and O–H groups in total. The summed E-state index contributed by atoms with van der Waals surface area (Å²) in [5.41, 5.74) is 0.858. The van der Waals surface area contributed by atoms with E-state index in [1.54, 1.807) is 18.2 Å². The molecule has 1 aliphatic carbocycles. The number of nitrogens with zero attached hydrogens (tertiary/aromatic N) is 2. The lowest BCUT2D eigenvalue weighted by atomic mass is 10.1. The Bertz CT molecular complexity index is 1530. The molecule has 0 heterocycles. The van der Waals surface area contributed by atoms with E-state index in [4.69, 9.17) is 64.4 Å². The van der Waals surface area contributed by atoms with Gasteiger partial charge in [-0.25, -0.2) is 4.39 Å². The fourth-order valence-corrected chi connectivity index (χ4v) is 5.72. The van der Waals surface area contributed by atoms with E-state index in [-0.39, 0.29) is 34.1 Å². The predicted molar refractivity (Wildman–Crippen MR) is 149 cm³/mol. The van der Waals surface area contributed by atoms with Crippen LogP contribution in [0.25, 0.3) is 0 Å². The van der Waals surface area contributed by atoms with Crippen LogP contribution in [0.15, 0.2) is 54.6 Å². The van der Waals surface area contributed by atoms with Crippen LogP contribution in [0.2, 0.25) is 15.1 Å². The van der Waals surface area contributed by atoms with Gasteiger partial charge in [0.15, 0.2) is 0 Å². The first-order valence-corrected chi connectivity index (χ1v) is 12.8. The number of benzene rings is 3. The number of halogens is 6. The third kappa shape index (κ3) is 5.57. The number of amides is 2. The van der Waals surface area contributed by atoms with Gasteiger partial charge >= 0.3 is 0 Å². The van der Waals surface area contributed by atoms with Crippen LogP contribution in [0.4, 0.5) is 15.8 Å². The van der Waals surface area contributed by atoms with E-state index in [0.29, 0.717) is 15.6 Å². The highest BCUT2D eigenvalue weighted by Gasteiger charge is 2.67. The van der Waals surface area contributed by atoms with Crippen molar-refractivity contribution in [3.8, 4) is 18.4 Å². The topological polar surface area (TPSA) is 73.2 Å². The van der Waals surface area contributed by atoms with Gasteiger partial charge in [0.2, 0.25) is 5.91 Å². The Morgan fingerprint density at radius 2 is 1.74 bits per heavy atom. The Morgan fingerprint density at radius 3 is 2.37 bits per heavy atom. The van der Waals surface area contributed by atoms with Crippen molar-refractivity contribution in [2.24, 2.45) is 5.92 Å². The Morgan fingerprint density at radius 1 is 1.05 bits per heavy atom. The predicted octanol–water partition coefficient (Wildman–Crippen LogP) is 7.46. The molecule has 3 aromatic carbocycles. The Hall–Kier alpha value is -2.97. The lowest BCUT2D eigenvalue weighted by Gasteiger charge is -2.22. The molecule has 38 heavy (non-hydrogen) atoms. The minimum Gasteiger partial charge on any atom is -0.326 e. The number of alkyl halides is 2. The standard InChI is InChI=1S/C27H15Cl5FN3O2/c1-2-7-36(22-6-3-18(33)10-15(22)13-34)26(38)20-12-19(4-5-21(20)30)35-25(37)24-23(27(24,31)32)14-8-16(28)11-17(29)9-14/h1,3-6,8-12,23-24H,7H2,(H,35,37). The minimum absolute atomic E-state index is 0.00934. The van der Waals surface area contributed by atoms with Crippen molar-refractivity contribution in [2.75, 3.05) is 16.8 Å². The molecule has 5 nitrogen and oxygen atoms in total. The van der Waals surface area contributed by atoms with Crippen LogP contribution in [-0.4, -0.2) is 22.7 Å². The third-order valence-corrected chi connectivity index (χ3v) is 7.62. The second kappa shape index (κ2) is 11.0. The fourth-order valence-electron chi connectivity index (χ4n) is 4.15. The van der Waals surface area contributed by atoms with Gasteiger partial charge in [-0.15, -0.1) is 29.6 Å². The van der Waals surface area contributed by atoms with Gasteiger partial charge in [0.05, 0.1) is 34.3 Å². The maximum atomic E-state index is 13.7. The number of anilines is 2. The molecule has 0 aromatic heterocycles. The third-order valence-electron chi connectivity index (χ3n) is 5.91. The monoisotopic (exact) mass is 607 g/mol. The largest absolute Gasteiger partial charge is 0.326 e. The van der Waals surface area contributed by atoms with Crippen molar-refractivity contribution >= 4 is 81.2 Å². The van der Waals surface area contributed by atoms with E-state index in [1.807, 2.05) is 6.07 Å². The van der Waals surface area contributed by atoms with Crippen molar-refractivity contribution in [2.45, 2.75) is 10.3 Å². The van der Waals surface area contributed by atoms with Crippen LogP contribution in [0.3, 0.4) is 0 Å². The van der Waals surface area contributed by atoms with Gasteiger partial charge < -0.3 is 5.32 Å². The van der Waals surface area contributed by atoms with E-state index in [0.717, 1.165) is 17.0 Å². The molecule has 0 spiro atoms. The summed E-state index contributed by atoms with van der Waals surface area (Å²) in [6.45, 7) is -0.223. The molecule has 0 bridgehead atoms. The van der Waals surface area contributed by atoms with Gasteiger partial charge in [0.25, 0.3) is 5.91 Å². The van der Waals surface area contributed by atoms with Crippen LogP contribution >= 0.6 is 58.0 Å². The van der Waals surface area contributed by atoms with Crippen LogP contribution in [0.5, 0.6) is 0 Å². The Kier molecular flexibility index (Phi) is 8.14. The number of carbonyl (C=O) groups is 2. The molecule has 0 aliphatic heterocycles. The quantitative estimate of drug-likeness (QED) is 0.233. The van der Waals surface area contributed by atoms with Crippen molar-refractivity contribution in [1.29, 1.82) is 5.26 Å². The average molecular weight is 610 g/mol. The Balaban J connectivity index is 1.61. The van der Waals surface area contributed by atoms with E-state index < -0.39 is 33.8 Å². The van der Waals surface area contributed by atoms with Gasteiger partial charge in [-0.05, 0) is 60.2 Å². The first-order chi connectivity index (χ1) is 18.0. The maximum absolute atomic E-state index is 13.7. The smallest absolute Gasteiger partial charge is 0.260 e. The fraction of sp³-hybridized carbons (Fsp3) is 0.148. The summed E-state index contributed by atoms with van der Waals surface area (Å²) in [5.74, 6) is -0.843. The molecule has 0 radical (unpaired) electrons. The highest BCUT2D eigenvalue weighted by atomic mass is 35.5. The summed E-state index contributed by atoms with van der Waals surface area (Å²) >= 11 is 31.3. The van der Waals surface area contributed by atoms with Crippen LogP contribution in [0, 0.1) is 35.4 Å². The summed E-state index contributed by atoms with van der Waals surface area (Å²) < 4.78 is 12.3. The van der Waals surface area contributed by atoms with Gasteiger partial charge in [-0.2, -0.15) is 5.26 Å². The highest BCUT2D eigenvalue weighted by molar-refractivity contribution is 6.53. The molecule has 11 heteroatoms. The molecule has 4 rings (SSSR count). The molecule has 192 valence electrons.